The summed E-state index contributed by atoms with van der Waals surface area (Å²) in [6.07, 6.45) is 1.53. The highest BCUT2D eigenvalue weighted by Crippen LogP contribution is 2.34. The fourth-order valence-electron chi connectivity index (χ4n) is 3.10. The summed E-state index contributed by atoms with van der Waals surface area (Å²) in [5.74, 6) is 1.72. The van der Waals surface area contributed by atoms with Gasteiger partial charge in [-0.25, -0.2) is 4.99 Å². The summed E-state index contributed by atoms with van der Waals surface area (Å²) in [6.45, 7) is 5.33. The van der Waals surface area contributed by atoms with Crippen LogP contribution in [0.3, 0.4) is 0 Å². The van der Waals surface area contributed by atoms with Crippen molar-refractivity contribution in [2.45, 2.75) is 31.9 Å². The van der Waals surface area contributed by atoms with Gasteiger partial charge in [0, 0.05) is 6.54 Å². The van der Waals surface area contributed by atoms with Crippen molar-refractivity contribution in [3.05, 3.63) is 52.5 Å². The first kappa shape index (κ1) is 21.7. The van der Waals surface area contributed by atoms with E-state index in [4.69, 9.17) is 14.5 Å². The second-order valence-electron chi connectivity index (χ2n) is 6.59. The third-order valence-electron chi connectivity index (χ3n) is 4.48. The van der Waals surface area contributed by atoms with Crippen LogP contribution in [0.5, 0.6) is 11.5 Å². The molecule has 0 N–H and O–H groups in total. The number of halogens is 1. The Kier molecular flexibility index (Phi) is 7.61. The van der Waals surface area contributed by atoms with Gasteiger partial charge >= 0.3 is 0 Å². The molecule has 0 radical (unpaired) electrons. The van der Waals surface area contributed by atoms with Gasteiger partial charge in [0.05, 0.1) is 29.1 Å². The molecule has 2 aromatic rings. The van der Waals surface area contributed by atoms with E-state index >= 15 is 0 Å². The number of benzene rings is 2. The van der Waals surface area contributed by atoms with Crippen molar-refractivity contribution in [2.75, 3.05) is 20.3 Å². The number of ether oxygens (including phenoxy) is 2. The van der Waals surface area contributed by atoms with Gasteiger partial charge in [-0.3, -0.25) is 9.69 Å². The number of carbonyl (C=O) groups is 1. The van der Waals surface area contributed by atoms with Crippen molar-refractivity contribution in [2.24, 2.45) is 4.99 Å². The zero-order chi connectivity index (χ0) is 20.8. The molecule has 3 rings (SSSR count). The number of hydrogen-bond acceptors (Lipinski definition) is 5. The van der Waals surface area contributed by atoms with E-state index in [2.05, 4.69) is 22.9 Å². The molecule has 1 aliphatic rings. The highest BCUT2D eigenvalue weighted by atomic mass is 79.9. The van der Waals surface area contributed by atoms with E-state index < -0.39 is 0 Å². The Morgan fingerprint density at radius 3 is 2.55 bits per heavy atom. The topological polar surface area (TPSA) is 51.1 Å². The Bertz CT molecular complexity index is 886. The van der Waals surface area contributed by atoms with Crippen LogP contribution < -0.4 is 9.47 Å². The summed E-state index contributed by atoms with van der Waals surface area (Å²) in [5, 5.41) is 0.585. The Hall–Kier alpha value is -1.99. The summed E-state index contributed by atoms with van der Waals surface area (Å²) < 4.78 is 11.7. The quantitative estimate of drug-likeness (QED) is 0.508. The number of carbonyl (C=O) groups excluding carboxylic acids is 1. The molecule has 2 aromatic carbocycles. The first-order valence-electron chi connectivity index (χ1n) is 9.67. The maximum absolute atomic E-state index is 13.0. The molecule has 0 spiro atoms. The maximum Gasteiger partial charge on any atom is 0.242 e. The Morgan fingerprint density at radius 1 is 1.17 bits per heavy atom. The summed E-state index contributed by atoms with van der Waals surface area (Å²) in [7, 11) is 1.64. The zero-order valence-corrected chi connectivity index (χ0v) is 19.3. The van der Waals surface area contributed by atoms with Gasteiger partial charge in [-0.15, -0.1) is 0 Å². The Balaban J connectivity index is 1.79. The van der Waals surface area contributed by atoms with Gasteiger partial charge in [-0.05, 0) is 77.7 Å². The second-order valence-corrected chi connectivity index (χ2v) is 8.61. The molecule has 0 aromatic heterocycles. The minimum Gasteiger partial charge on any atom is -0.496 e. The molecule has 154 valence electrons. The van der Waals surface area contributed by atoms with Crippen LogP contribution >= 0.6 is 27.7 Å². The number of hydrogen-bond donors (Lipinski definition) is 0. The molecular weight excluding hydrogens is 452 g/mol. The van der Waals surface area contributed by atoms with Crippen molar-refractivity contribution in [1.29, 1.82) is 0 Å². The smallest absolute Gasteiger partial charge is 0.242 e. The molecular formula is C22H25BrN2O3S. The molecule has 0 bridgehead atoms. The number of amidine groups is 1. The average Bonchev–Trinajstić information content (AvgIpc) is 2.99. The number of methoxy groups -OCH3 is 1. The van der Waals surface area contributed by atoms with Gasteiger partial charge in [0.25, 0.3) is 0 Å². The number of thioether (sulfide) groups is 1. The van der Waals surface area contributed by atoms with Crippen molar-refractivity contribution < 1.29 is 14.3 Å². The van der Waals surface area contributed by atoms with Crippen LogP contribution in [0.15, 0.2) is 51.9 Å². The number of nitrogens with zero attached hydrogens (tertiary/aromatic N) is 2. The summed E-state index contributed by atoms with van der Waals surface area (Å²) in [5.41, 5.74) is 1.90. The van der Waals surface area contributed by atoms with Gasteiger partial charge in [-0.1, -0.05) is 24.8 Å². The highest BCUT2D eigenvalue weighted by molar-refractivity contribution is 9.10. The SMILES string of the molecule is CCCN1C(=O)[C@H](Cc2ccc(OC)c(Br)c2)SC1=Nc1ccc(OCC)cc1. The number of amides is 1. The Morgan fingerprint density at radius 2 is 1.93 bits per heavy atom. The molecule has 1 heterocycles. The lowest BCUT2D eigenvalue weighted by atomic mass is 10.1. The largest absolute Gasteiger partial charge is 0.496 e. The molecule has 5 nitrogen and oxygen atoms in total. The van der Waals surface area contributed by atoms with E-state index in [1.54, 1.807) is 7.11 Å². The van der Waals surface area contributed by atoms with Gasteiger partial charge in [0.2, 0.25) is 5.91 Å². The van der Waals surface area contributed by atoms with Crippen LogP contribution in [0.1, 0.15) is 25.8 Å². The second kappa shape index (κ2) is 10.2. The monoisotopic (exact) mass is 476 g/mol. The summed E-state index contributed by atoms with van der Waals surface area (Å²) >= 11 is 5.06. The van der Waals surface area contributed by atoms with Crippen LogP contribution in [0.2, 0.25) is 0 Å². The van der Waals surface area contributed by atoms with Gasteiger partial charge in [0.1, 0.15) is 11.5 Å². The van der Waals surface area contributed by atoms with Crippen LogP contribution in [0, 0.1) is 0 Å². The lowest BCUT2D eigenvalue weighted by Gasteiger charge is -2.15. The molecule has 1 aliphatic heterocycles. The minimum atomic E-state index is -0.178. The molecule has 0 saturated carbocycles. The lowest BCUT2D eigenvalue weighted by Crippen LogP contribution is -2.33. The molecule has 7 heteroatoms. The lowest BCUT2D eigenvalue weighted by molar-refractivity contribution is -0.126. The normalized spacial score (nSPS) is 17.8. The predicted molar refractivity (Wildman–Crippen MR) is 122 cm³/mol. The number of aliphatic imine (C=N–C) groups is 1. The van der Waals surface area contributed by atoms with Gasteiger partial charge in [-0.2, -0.15) is 0 Å². The van der Waals surface area contributed by atoms with Crippen molar-refractivity contribution in [3.8, 4) is 11.5 Å². The maximum atomic E-state index is 13.0. The predicted octanol–water partition coefficient (Wildman–Crippen LogP) is 5.44. The fraction of sp³-hybridized carbons (Fsp3) is 0.364. The van der Waals surface area contributed by atoms with E-state index in [0.29, 0.717) is 19.6 Å². The van der Waals surface area contributed by atoms with Crippen LogP contribution in [0.25, 0.3) is 0 Å². The number of rotatable bonds is 8. The standard InChI is InChI=1S/C22H25BrN2O3S/c1-4-12-25-21(26)20(14-15-6-11-19(27-3)18(23)13-15)29-22(25)24-16-7-9-17(10-8-16)28-5-2/h6-11,13,20H,4-5,12,14H2,1-3H3/t20-/m0/s1. The first-order valence-corrected chi connectivity index (χ1v) is 11.3. The molecule has 1 atom stereocenters. The minimum absolute atomic E-state index is 0.119. The highest BCUT2D eigenvalue weighted by Gasteiger charge is 2.37. The Labute approximate surface area is 184 Å². The van der Waals surface area contributed by atoms with Crippen molar-refractivity contribution in [1.82, 2.24) is 4.90 Å². The van der Waals surface area contributed by atoms with Crippen LogP contribution in [-0.4, -0.2) is 41.5 Å². The summed E-state index contributed by atoms with van der Waals surface area (Å²) in [4.78, 5) is 19.6. The fourth-order valence-corrected chi connectivity index (χ4v) is 4.91. The molecule has 1 amide bonds. The summed E-state index contributed by atoms with van der Waals surface area (Å²) in [6, 6.07) is 13.6. The molecule has 0 aliphatic carbocycles. The molecule has 1 fully saturated rings. The zero-order valence-electron chi connectivity index (χ0n) is 16.9. The van der Waals surface area contributed by atoms with Gasteiger partial charge in [0.15, 0.2) is 5.17 Å². The van der Waals surface area contributed by atoms with E-state index in [0.717, 1.165) is 38.8 Å². The van der Waals surface area contributed by atoms with Crippen LogP contribution in [0.4, 0.5) is 5.69 Å². The van der Waals surface area contributed by atoms with Gasteiger partial charge < -0.3 is 9.47 Å². The third-order valence-corrected chi connectivity index (χ3v) is 6.27. The first-order chi connectivity index (χ1) is 14.0. The average molecular weight is 477 g/mol. The van der Waals surface area contributed by atoms with E-state index in [1.165, 1.54) is 11.8 Å². The molecule has 0 unspecified atom stereocenters. The van der Waals surface area contributed by atoms with Crippen molar-refractivity contribution >= 4 is 44.5 Å². The van der Waals surface area contributed by atoms with Crippen molar-refractivity contribution in [3.63, 3.8) is 0 Å². The molecule has 1 saturated heterocycles. The van der Waals surface area contributed by atoms with E-state index in [-0.39, 0.29) is 11.2 Å². The van der Waals surface area contributed by atoms with E-state index in [9.17, 15) is 4.79 Å². The third kappa shape index (κ3) is 5.34. The molecule has 29 heavy (non-hydrogen) atoms. The van der Waals surface area contributed by atoms with E-state index in [1.807, 2.05) is 54.3 Å². The van der Waals surface area contributed by atoms with Crippen LogP contribution in [-0.2, 0) is 11.2 Å².